The third kappa shape index (κ3) is 5.79. The Morgan fingerprint density at radius 1 is 1.31 bits per heavy atom. The molecule has 0 bridgehead atoms. The van der Waals surface area contributed by atoms with Gasteiger partial charge in [0.15, 0.2) is 6.35 Å². The molecule has 7 nitrogen and oxygen atoms in total. The molecule has 1 heterocycles. The normalized spacial score (nSPS) is 24.2. The van der Waals surface area contributed by atoms with E-state index in [4.69, 9.17) is 9.47 Å². The third-order valence-electron chi connectivity index (χ3n) is 4.05. The number of carbonyl (C=O) groups excluding carboxylic acids is 2. The zero-order valence-electron chi connectivity index (χ0n) is 15.7. The van der Waals surface area contributed by atoms with Crippen molar-refractivity contribution in [2.45, 2.75) is 58.2 Å². The van der Waals surface area contributed by atoms with Crippen LogP contribution in [0.4, 0.5) is 0 Å². The number of carbonyl (C=O) groups is 2. The largest absolute Gasteiger partial charge is 0.460 e. The maximum atomic E-state index is 12.6. The minimum Gasteiger partial charge on any atom is -0.460 e. The molecule has 1 fully saturated rings. The minimum absolute atomic E-state index is 0.116. The van der Waals surface area contributed by atoms with Crippen molar-refractivity contribution in [3.05, 3.63) is 35.9 Å². The lowest BCUT2D eigenvalue weighted by atomic mass is 9.89. The maximum absolute atomic E-state index is 12.6. The van der Waals surface area contributed by atoms with E-state index in [-0.39, 0.29) is 18.9 Å². The Morgan fingerprint density at radius 3 is 2.50 bits per heavy atom. The number of aliphatic hydroxyl groups excluding tert-OH is 1. The molecule has 1 saturated heterocycles. The molecular weight excluding hydrogens is 336 g/mol. The first-order chi connectivity index (χ1) is 12.1. The van der Waals surface area contributed by atoms with E-state index >= 15 is 0 Å². The second-order valence-corrected chi connectivity index (χ2v) is 7.79. The first-order valence-corrected chi connectivity index (χ1v) is 8.70. The van der Waals surface area contributed by atoms with Crippen LogP contribution in [0.15, 0.2) is 30.3 Å². The van der Waals surface area contributed by atoms with E-state index in [9.17, 15) is 14.7 Å². The highest BCUT2D eigenvalue weighted by Gasteiger charge is 2.45. The predicted octanol–water partition coefficient (Wildman–Crippen LogP) is 1.31. The van der Waals surface area contributed by atoms with Gasteiger partial charge < -0.3 is 19.9 Å². The van der Waals surface area contributed by atoms with Gasteiger partial charge in [0.2, 0.25) is 5.91 Å². The van der Waals surface area contributed by atoms with E-state index in [0.29, 0.717) is 6.61 Å². The van der Waals surface area contributed by atoms with Crippen molar-refractivity contribution in [1.29, 1.82) is 0 Å². The van der Waals surface area contributed by atoms with Gasteiger partial charge in [-0.15, -0.1) is 0 Å². The van der Waals surface area contributed by atoms with Gasteiger partial charge in [0.1, 0.15) is 5.60 Å². The number of esters is 1. The number of nitrogens with one attached hydrogen (secondary N) is 2. The van der Waals surface area contributed by atoms with Crippen molar-refractivity contribution in [3.63, 3.8) is 0 Å². The van der Waals surface area contributed by atoms with Gasteiger partial charge >= 0.3 is 5.97 Å². The third-order valence-corrected chi connectivity index (χ3v) is 4.05. The van der Waals surface area contributed by atoms with Gasteiger partial charge in [0.05, 0.1) is 24.7 Å². The summed E-state index contributed by atoms with van der Waals surface area (Å²) >= 11 is 0. The molecule has 7 heteroatoms. The molecule has 0 radical (unpaired) electrons. The molecule has 0 aromatic heterocycles. The fourth-order valence-corrected chi connectivity index (χ4v) is 2.82. The lowest BCUT2D eigenvalue weighted by molar-refractivity contribution is -0.163. The number of hydrogen-bond donors (Lipinski definition) is 3. The SMILES string of the molecule is CC(C)(C)OC(=O)C(COCc1ccccc1)CC1(C)NC(O)NC1=O. The maximum Gasteiger partial charge on any atom is 0.311 e. The summed E-state index contributed by atoms with van der Waals surface area (Å²) in [6, 6.07) is 9.63. The number of aliphatic hydroxyl groups is 1. The summed E-state index contributed by atoms with van der Waals surface area (Å²) in [4.78, 5) is 24.7. The van der Waals surface area contributed by atoms with E-state index < -0.39 is 29.4 Å². The topological polar surface area (TPSA) is 96.9 Å². The summed E-state index contributed by atoms with van der Waals surface area (Å²) in [6.07, 6.45) is -0.975. The van der Waals surface area contributed by atoms with Gasteiger partial charge in [0, 0.05) is 0 Å². The number of rotatable bonds is 7. The molecule has 0 spiro atoms. The lowest BCUT2D eigenvalue weighted by Gasteiger charge is -2.29. The zero-order chi connectivity index (χ0) is 19.4. The molecule has 1 aliphatic heterocycles. The molecule has 144 valence electrons. The van der Waals surface area contributed by atoms with Crippen LogP contribution in [0.25, 0.3) is 0 Å². The molecule has 1 amide bonds. The van der Waals surface area contributed by atoms with Gasteiger partial charge in [-0.1, -0.05) is 30.3 Å². The highest BCUT2D eigenvalue weighted by molar-refractivity contribution is 5.88. The van der Waals surface area contributed by atoms with Gasteiger partial charge in [-0.25, -0.2) is 0 Å². The van der Waals surface area contributed by atoms with E-state index in [1.807, 2.05) is 30.3 Å². The molecular formula is C19H28N2O5. The van der Waals surface area contributed by atoms with Crippen LogP contribution in [0, 0.1) is 5.92 Å². The zero-order valence-corrected chi connectivity index (χ0v) is 15.7. The number of hydrogen-bond acceptors (Lipinski definition) is 6. The van der Waals surface area contributed by atoms with Crippen molar-refractivity contribution < 1.29 is 24.2 Å². The first-order valence-electron chi connectivity index (χ1n) is 8.70. The average molecular weight is 364 g/mol. The molecule has 3 unspecified atom stereocenters. The van der Waals surface area contributed by atoms with E-state index in [0.717, 1.165) is 5.56 Å². The first kappa shape index (κ1) is 20.4. The highest BCUT2D eigenvalue weighted by Crippen LogP contribution is 2.24. The van der Waals surface area contributed by atoms with Crippen molar-refractivity contribution in [2.24, 2.45) is 5.92 Å². The quantitative estimate of drug-likeness (QED) is 0.631. The second-order valence-electron chi connectivity index (χ2n) is 7.79. The molecule has 1 aromatic rings. The van der Waals surface area contributed by atoms with Crippen LogP contribution < -0.4 is 10.6 Å². The van der Waals surface area contributed by atoms with Crippen molar-refractivity contribution in [2.75, 3.05) is 6.61 Å². The van der Waals surface area contributed by atoms with Gasteiger partial charge in [-0.2, -0.15) is 0 Å². The number of ether oxygens (including phenoxy) is 2. The molecule has 3 N–H and O–H groups in total. The Labute approximate surface area is 154 Å². The average Bonchev–Trinajstić information content (AvgIpc) is 2.78. The van der Waals surface area contributed by atoms with Crippen molar-refractivity contribution >= 4 is 11.9 Å². The lowest BCUT2D eigenvalue weighted by Crippen LogP contribution is -2.48. The van der Waals surface area contributed by atoms with E-state index in [2.05, 4.69) is 10.6 Å². The number of benzene rings is 1. The molecule has 0 aliphatic carbocycles. The summed E-state index contributed by atoms with van der Waals surface area (Å²) in [5.41, 5.74) is -0.716. The Kier molecular flexibility index (Phi) is 6.39. The highest BCUT2D eigenvalue weighted by atomic mass is 16.6. The summed E-state index contributed by atoms with van der Waals surface area (Å²) in [5, 5.41) is 14.8. The van der Waals surface area contributed by atoms with Crippen LogP contribution in [-0.4, -0.2) is 41.1 Å². The predicted molar refractivity (Wildman–Crippen MR) is 95.7 cm³/mol. The minimum atomic E-state index is -1.13. The van der Waals surface area contributed by atoms with Crippen molar-refractivity contribution in [1.82, 2.24) is 10.6 Å². The second kappa shape index (κ2) is 8.16. The Hall–Kier alpha value is -1.96. The summed E-state index contributed by atoms with van der Waals surface area (Å²) in [5.74, 6) is -1.43. The van der Waals surface area contributed by atoms with Crippen LogP contribution in [-0.2, 0) is 25.7 Å². The molecule has 1 aromatic carbocycles. The molecule has 0 saturated carbocycles. The van der Waals surface area contributed by atoms with Gasteiger partial charge in [-0.05, 0) is 39.7 Å². The molecule has 2 rings (SSSR count). The molecule has 1 aliphatic rings. The van der Waals surface area contributed by atoms with E-state index in [1.165, 1.54) is 0 Å². The van der Waals surface area contributed by atoms with Crippen molar-refractivity contribution in [3.8, 4) is 0 Å². The fourth-order valence-electron chi connectivity index (χ4n) is 2.82. The van der Waals surface area contributed by atoms with Gasteiger partial charge in [-0.3, -0.25) is 14.9 Å². The van der Waals surface area contributed by atoms with Crippen LogP contribution in [0.1, 0.15) is 39.7 Å². The smallest absolute Gasteiger partial charge is 0.311 e. The monoisotopic (exact) mass is 364 g/mol. The van der Waals surface area contributed by atoms with Gasteiger partial charge in [0.25, 0.3) is 0 Å². The van der Waals surface area contributed by atoms with Crippen LogP contribution in [0.5, 0.6) is 0 Å². The Morgan fingerprint density at radius 2 is 1.96 bits per heavy atom. The molecule has 3 atom stereocenters. The fraction of sp³-hybridized carbons (Fsp3) is 0.579. The van der Waals surface area contributed by atoms with E-state index in [1.54, 1.807) is 27.7 Å². The number of amides is 1. The Balaban J connectivity index is 2.03. The summed E-state index contributed by atoms with van der Waals surface area (Å²) < 4.78 is 11.2. The van der Waals surface area contributed by atoms with Crippen LogP contribution >= 0.6 is 0 Å². The summed E-state index contributed by atoms with van der Waals surface area (Å²) in [7, 11) is 0. The standard InChI is InChI=1S/C19H28N2O5/c1-18(2,3)26-15(22)14(10-19(4)16(23)20-17(24)21-19)12-25-11-13-8-6-5-7-9-13/h5-9,14,17,21,24H,10-12H2,1-4H3,(H,20,23). The van der Waals surface area contributed by atoms with Crippen LogP contribution in [0.2, 0.25) is 0 Å². The summed E-state index contributed by atoms with van der Waals surface area (Å²) in [6.45, 7) is 7.49. The Bertz CT molecular complexity index is 629. The van der Waals surface area contributed by atoms with Crippen LogP contribution in [0.3, 0.4) is 0 Å². The molecule has 26 heavy (non-hydrogen) atoms.